The summed E-state index contributed by atoms with van der Waals surface area (Å²) in [5.41, 5.74) is 8.67. The van der Waals surface area contributed by atoms with E-state index in [0.29, 0.717) is 71.9 Å². The lowest BCUT2D eigenvalue weighted by atomic mass is 9.94. The number of ether oxygens (including phenoxy) is 1. The van der Waals surface area contributed by atoms with E-state index in [1.54, 1.807) is 24.1 Å². The molecule has 242 valence electrons. The molecule has 2 aromatic carbocycles. The summed E-state index contributed by atoms with van der Waals surface area (Å²) in [6, 6.07) is 7.72. The SMILES string of the molecule is COc1ccc2c(c1)CCN(C1CCN(C(=O)C(CC(=O)c3cc(Br)c(N)c(Br)c3)NC(=O)C3CCN(C)CC3)CC1)C(=O)N2. The highest BCUT2D eigenvalue weighted by Crippen LogP contribution is 2.31. The lowest BCUT2D eigenvalue weighted by Crippen LogP contribution is -2.55. The third-order valence-corrected chi connectivity index (χ3v) is 10.5. The van der Waals surface area contributed by atoms with Crippen LogP contribution in [-0.2, 0) is 16.0 Å². The van der Waals surface area contributed by atoms with Crippen LogP contribution in [0.5, 0.6) is 5.75 Å². The molecule has 45 heavy (non-hydrogen) atoms. The van der Waals surface area contributed by atoms with Crippen LogP contribution in [0.2, 0.25) is 0 Å². The fourth-order valence-electron chi connectivity index (χ4n) is 6.33. The Morgan fingerprint density at radius 3 is 2.33 bits per heavy atom. The first-order valence-electron chi connectivity index (χ1n) is 15.3. The molecule has 2 aromatic rings. The van der Waals surface area contributed by atoms with E-state index in [9.17, 15) is 19.2 Å². The number of nitrogens with zero attached hydrogens (tertiary/aromatic N) is 3. The number of nitrogens with two attached hydrogens (primary N) is 1. The summed E-state index contributed by atoms with van der Waals surface area (Å²) < 4.78 is 6.49. The molecule has 0 spiro atoms. The minimum absolute atomic E-state index is 0.0383. The molecule has 13 heteroatoms. The summed E-state index contributed by atoms with van der Waals surface area (Å²) in [5.74, 6) is -0.206. The van der Waals surface area contributed by atoms with Crippen LogP contribution >= 0.6 is 31.9 Å². The lowest BCUT2D eigenvalue weighted by molar-refractivity contribution is -0.138. The number of rotatable bonds is 8. The minimum Gasteiger partial charge on any atom is -0.497 e. The molecule has 1 unspecified atom stereocenters. The Labute approximate surface area is 280 Å². The molecule has 11 nitrogen and oxygen atoms in total. The first-order chi connectivity index (χ1) is 21.5. The summed E-state index contributed by atoms with van der Waals surface area (Å²) in [6.07, 6.45) is 3.12. The van der Waals surface area contributed by atoms with Gasteiger partial charge in [-0.15, -0.1) is 0 Å². The standard InChI is InChI=1S/C32H40Br2N6O5/c1-38-10-5-19(6-11-38)30(42)36-27(18-28(41)21-16-24(33)29(35)25(34)17-21)31(43)39-12-8-22(9-13-39)40-14-7-20-15-23(45-2)3-4-26(20)37-32(40)44/h3-4,15-17,19,22,27H,5-14,18,35H2,1-2H3,(H,36,42)(H,37,44). The molecular formula is C32H40Br2N6O5. The number of hydrogen-bond donors (Lipinski definition) is 3. The van der Waals surface area contributed by atoms with Crippen molar-refractivity contribution in [2.24, 2.45) is 5.92 Å². The number of piperidine rings is 2. The third kappa shape index (κ3) is 7.81. The van der Waals surface area contributed by atoms with Gasteiger partial charge in [0.2, 0.25) is 11.8 Å². The zero-order valence-electron chi connectivity index (χ0n) is 25.6. The number of methoxy groups -OCH3 is 1. The number of amides is 4. The number of ketones is 1. The zero-order valence-corrected chi connectivity index (χ0v) is 28.8. The van der Waals surface area contributed by atoms with Crippen molar-refractivity contribution < 1.29 is 23.9 Å². The number of Topliss-reactive ketones (excluding diaryl/α,β-unsaturated/α-hetero) is 1. The molecule has 0 bridgehead atoms. The fourth-order valence-corrected chi connectivity index (χ4v) is 7.52. The molecule has 2 fully saturated rings. The van der Waals surface area contributed by atoms with Gasteiger partial charge in [-0.3, -0.25) is 14.4 Å². The van der Waals surface area contributed by atoms with Gasteiger partial charge in [-0.1, -0.05) is 0 Å². The van der Waals surface area contributed by atoms with Crippen molar-refractivity contribution in [2.45, 2.75) is 50.6 Å². The highest BCUT2D eigenvalue weighted by atomic mass is 79.9. The van der Waals surface area contributed by atoms with Crippen LogP contribution in [0.1, 0.15) is 48.0 Å². The van der Waals surface area contributed by atoms with E-state index in [-0.39, 0.29) is 42.0 Å². The maximum absolute atomic E-state index is 13.9. The van der Waals surface area contributed by atoms with Gasteiger partial charge in [0, 0.05) is 58.2 Å². The second-order valence-electron chi connectivity index (χ2n) is 12.1. The number of nitrogens with one attached hydrogen (secondary N) is 2. The Morgan fingerprint density at radius 2 is 1.69 bits per heavy atom. The molecule has 4 amide bonds. The molecule has 5 rings (SSSR count). The topological polar surface area (TPSA) is 137 Å². The van der Waals surface area contributed by atoms with Gasteiger partial charge in [0.15, 0.2) is 5.78 Å². The Morgan fingerprint density at radius 1 is 1.02 bits per heavy atom. The highest BCUT2D eigenvalue weighted by molar-refractivity contribution is 9.11. The van der Waals surface area contributed by atoms with Gasteiger partial charge in [0.05, 0.1) is 12.8 Å². The van der Waals surface area contributed by atoms with Gasteiger partial charge in [0.25, 0.3) is 0 Å². The van der Waals surface area contributed by atoms with Crippen LogP contribution in [-0.4, -0.2) is 97.3 Å². The summed E-state index contributed by atoms with van der Waals surface area (Å²) in [5, 5.41) is 5.97. The van der Waals surface area contributed by atoms with Crippen molar-refractivity contribution >= 4 is 66.9 Å². The maximum Gasteiger partial charge on any atom is 0.322 e. The van der Waals surface area contributed by atoms with Crippen molar-refractivity contribution in [1.29, 1.82) is 0 Å². The van der Waals surface area contributed by atoms with Crippen molar-refractivity contribution in [3.63, 3.8) is 0 Å². The van der Waals surface area contributed by atoms with Crippen LogP contribution in [0, 0.1) is 5.92 Å². The van der Waals surface area contributed by atoms with E-state index < -0.39 is 6.04 Å². The number of urea groups is 1. The van der Waals surface area contributed by atoms with Gasteiger partial charge in [0.1, 0.15) is 11.8 Å². The normalized spacial score (nSPS) is 18.9. The number of nitrogen functional groups attached to an aromatic ring is 1. The Kier molecular flexibility index (Phi) is 10.7. The first-order valence-corrected chi connectivity index (χ1v) is 16.9. The van der Waals surface area contributed by atoms with E-state index in [2.05, 4.69) is 47.4 Å². The molecule has 0 radical (unpaired) electrons. The Hall–Kier alpha value is -3.16. The molecule has 4 N–H and O–H groups in total. The minimum atomic E-state index is -0.998. The highest BCUT2D eigenvalue weighted by Gasteiger charge is 2.36. The monoisotopic (exact) mass is 746 g/mol. The second kappa shape index (κ2) is 14.5. The summed E-state index contributed by atoms with van der Waals surface area (Å²) in [4.78, 5) is 59.6. The maximum atomic E-state index is 13.9. The molecule has 0 aromatic heterocycles. The number of benzene rings is 2. The molecule has 3 heterocycles. The van der Waals surface area contributed by atoms with Crippen LogP contribution < -0.4 is 21.1 Å². The number of hydrogen-bond acceptors (Lipinski definition) is 7. The van der Waals surface area contributed by atoms with Crippen LogP contribution in [0.3, 0.4) is 0 Å². The van der Waals surface area contributed by atoms with Gasteiger partial charge < -0.3 is 35.8 Å². The lowest BCUT2D eigenvalue weighted by Gasteiger charge is -2.39. The van der Waals surface area contributed by atoms with E-state index in [4.69, 9.17) is 10.5 Å². The van der Waals surface area contributed by atoms with Gasteiger partial charge >= 0.3 is 6.03 Å². The molecule has 2 saturated heterocycles. The Balaban J connectivity index is 1.26. The number of carbonyl (C=O) groups is 4. The predicted octanol–water partition coefficient (Wildman–Crippen LogP) is 4.28. The molecule has 3 aliphatic heterocycles. The molecule has 3 aliphatic rings. The summed E-state index contributed by atoms with van der Waals surface area (Å²) >= 11 is 6.78. The largest absolute Gasteiger partial charge is 0.497 e. The number of anilines is 2. The van der Waals surface area contributed by atoms with Gasteiger partial charge in [-0.05, 0) is 120 Å². The number of carbonyl (C=O) groups excluding carboxylic acids is 4. The smallest absolute Gasteiger partial charge is 0.322 e. The Bertz CT molecular complexity index is 1430. The van der Waals surface area contributed by atoms with Crippen LogP contribution in [0.25, 0.3) is 0 Å². The fraction of sp³-hybridized carbons (Fsp3) is 0.500. The predicted molar refractivity (Wildman–Crippen MR) is 179 cm³/mol. The van der Waals surface area contributed by atoms with Crippen molar-refractivity contribution in [3.05, 3.63) is 50.4 Å². The molecule has 0 aliphatic carbocycles. The number of likely N-dealkylation sites (tertiary alicyclic amines) is 2. The van der Waals surface area contributed by atoms with E-state index in [1.165, 1.54) is 0 Å². The zero-order chi connectivity index (χ0) is 32.2. The van der Waals surface area contributed by atoms with Crippen LogP contribution in [0.15, 0.2) is 39.3 Å². The van der Waals surface area contributed by atoms with Crippen molar-refractivity contribution in [2.75, 3.05) is 57.9 Å². The van der Waals surface area contributed by atoms with Gasteiger partial charge in [-0.25, -0.2) is 4.79 Å². The molecule has 1 atom stereocenters. The molecular weight excluding hydrogens is 708 g/mol. The third-order valence-electron chi connectivity index (χ3n) is 9.15. The van der Waals surface area contributed by atoms with Crippen LogP contribution in [0.4, 0.5) is 16.2 Å². The summed E-state index contributed by atoms with van der Waals surface area (Å²) in [6.45, 7) is 3.00. The molecule has 0 saturated carbocycles. The average Bonchev–Trinajstić information content (AvgIpc) is 3.20. The van der Waals surface area contributed by atoms with Crippen molar-refractivity contribution in [1.82, 2.24) is 20.0 Å². The van der Waals surface area contributed by atoms with E-state index >= 15 is 0 Å². The average molecular weight is 749 g/mol. The number of fused-ring (bicyclic) bond motifs is 1. The van der Waals surface area contributed by atoms with Gasteiger partial charge in [-0.2, -0.15) is 0 Å². The second-order valence-corrected chi connectivity index (χ2v) is 13.8. The summed E-state index contributed by atoms with van der Waals surface area (Å²) in [7, 11) is 3.64. The van der Waals surface area contributed by atoms with Crippen molar-refractivity contribution in [3.8, 4) is 5.75 Å². The van der Waals surface area contributed by atoms with E-state index in [1.807, 2.05) is 30.1 Å². The number of halogens is 2. The first kappa shape index (κ1) is 33.2. The van der Waals surface area contributed by atoms with E-state index in [0.717, 1.165) is 30.1 Å². The quantitative estimate of drug-likeness (QED) is 0.271.